The summed E-state index contributed by atoms with van der Waals surface area (Å²) in [7, 11) is 0. The number of carbonyl (C=O) groups is 1. The molecule has 17 heavy (non-hydrogen) atoms. The van der Waals surface area contributed by atoms with Gasteiger partial charge in [0.15, 0.2) is 5.78 Å². The second kappa shape index (κ2) is 12.0. The Bertz CT molecular complexity index is 223. The van der Waals surface area contributed by atoms with E-state index >= 15 is 0 Å². The van der Waals surface area contributed by atoms with Crippen LogP contribution in [0.2, 0.25) is 0 Å². The molecule has 102 valence electrons. The molecule has 0 aliphatic heterocycles. The number of nitrogens with zero attached hydrogens (tertiary/aromatic N) is 2. The van der Waals surface area contributed by atoms with Crippen LogP contribution in [0.1, 0.15) is 6.92 Å². The fourth-order valence-electron chi connectivity index (χ4n) is 0.371. The zero-order valence-electron chi connectivity index (χ0n) is 8.46. The zero-order chi connectivity index (χ0) is 14.6. The van der Waals surface area contributed by atoms with Gasteiger partial charge >= 0.3 is 0 Å². The fourth-order valence-corrected chi connectivity index (χ4v) is 0.371. The summed E-state index contributed by atoms with van der Waals surface area (Å²) in [4.78, 5) is 26.7. The number of aliphatic hydroxyl groups excluding tert-OH is 3. The number of ketones is 1. The van der Waals surface area contributed by atoms with Crippen LogP contribution in [0.3, 0.4) is 0 Å². The normalized spacial score (nSPS) is 11.8. The van der Waals surface area contributed by atoms with Crippen molar-refractivity contribution in [3.05, 3.63) is 30.6 Å². The van der Waals surface area contributed by atoms with Gasteiger partial charge in [-0.25, -0.2) is 0 Å². The molecule has 0 amide bonds. The Labute approximate surface area is 93.6 Å². The molecule has 0 fully saturated rings. The summed E-state index contributed by atoms with van der Waals surface area (Å²) in [6.07, 6.45) is -2.79. The molecular weight excluding hydrogens is 248 g/mol. The predicted octanol–water partition coefficient (Wildman–Crippen LogP) is -2.19. The van der Waals surface area contributed by atoms with E-state index in [0.717, 1.165) is 6.92 Å². The average Bonchev–Trinajstić information content (AvgIpc) is 2.13. The molecule has 0 aliphatic rings. The summed E-state index contributed by atoms with van der Waals surface area (Å²) in [6, 6.07) is 0. The van der Waals surface area contributed by atoms with Crippen molar-refractivity contribution in [3.63, 3.8) is 0 Å². The number of rotatable bonds is 3. The van der Waals surface area contributed by atoms with Crippen LogP contribution in [0.5, 0.6) is 0 Å². The van der Waals surface area contributed by atoms with Crippen LogP contribution in [0.25, 0.3) is 0 Å². The lowest BCUT2D eigenvalue weighted by Crippen LogP contribution is -2.34. The van der Waals surface area contributed by atoms with Crippen LogP contribution >= 0.6 is 0 Å². The van der Waals surface area contributed by atoms with Crippen molar-refractivity contribution in [1.82, 2.24) is 0 Å². The summed E-state index contributed by atoms with van der Waals surface area (Å²) in [5.41, 5.74) is 0. The molecule has 2 unspecified atom stereocenters. The van der Waals surface area contributed by atoms with Gasteiger partial charge in [0.2, 0.25) is 0 Å². The van der Waals surface area contributed by atoms with E-state index in [4.69, 9.17) is 46.0 Å². The molecule has 0 aromatic carbocycles. The van der Waals surface area contributed by atoms with Crippen molar-refractivity contribution in [3.8, 4) is 0 Å². The van der Waals surface area contributed by atoms with E-state index < -0.39 is 34.8 Å². The highest BCUT2D eigenvalue weighted by atomic mass is 16.9. The maximum absolute atomic E-state index is 10.2. The molecule has 2 atom stereocenters. The van der Waals surface area contributed by atoms with Crippen LogP contribution in [0.15, 0.2) is 0 Å². The van der Waals surface area contributed by atoms with Crippen molar-refractivity contribution in [2.75, 3.05) is 6.61 Å². The molecule has 0 aromatic heterocycles. The number of Topliss-reactive ketones (excluding diaryl/α,β-unsaturated/α-hetero) is 1. The summed E-state index contributed by atoms with van der Waals surface area (Å²) >= 11 is 0. The molecule has 0 spiro atoms. The molecule has 0 saturated heterocycles. The first kappa shape index (κ1) is 20.4. The highest BCUT2D eigenvalue weighted by molar-refractivity contribution is 5.80. The van der Waals surface area contributed by atoms with E-state index in [1.165, 1.54) is 0 Å². The fraction of sp³-hybridized carbons (Fsp3) is 0.800. The Balaban J connectivity index is -0.000000205. The third-order valence-electron chi connectivity index (χ3n) is 0.968. The number of hydrogen-bond acceptors (Lipinski definition) is 10. The number of carbonyl (C=O) groups excluding carboxylic acids is 1. The zero-order valence-corrected chi connectivity index (χ0v) is 8.46. The van der Waals surface area contributed by atoms with Crippen LogP contribution in [-0.4, -0.2) is 50.1 Å². The largest absolute Gasteiger partial charge is 0.394 e. The van der Waals surface area contributed by atoms with E-state index in [2.05, 4.69) is 0 Å². The molecular formula is C5H10N2O10-2. The molecule has 3 N–H and O–H groups in total. The Morgan fingerprint density at radius 1 is 1.12 bits per heavy atom. The summed E-state index contributed by atoms with van der Waals surface area (Å²) in [5.74, 6) is -0.545. The van der Waals surface area contributed by atoms with E-state index in [1.807, 2.05) is 0 Å². The van der Waals surface area contributed by atoms with Crippen LogP contribution in [0, 0.1) is 30.6 Å². The predicted molar refractivity (Wildman–Crippen MR) is 50.5 cm³/mol. The van der Waals surface area contributed by atoms with Crippen LogP contribution in [-0.2, 0) is 4.79 Å². The van der Waals surface area contributed by atoms with Gasteiger partial charge in [0, 0.05) is 0 Å². The molecule has 0 bridgehead atoms. The summed E-state index contributed by atoms with van der Waals surface area (Å²) in [5, 5.41) is 54.9. The van der Waals surface area contributed by atoms with Gasteiger partial charge in [-0.2, -0.15) is 0 Å². The van der Waals surface area contributed by atoms with Gasteiger partial charge in [0.1, 0.15) is 12.2 Å². The quantitative estimate of drug-likeness (QED) is 0.367. The molecule has 0 saturated carbocycles. The minimum Gasteiger partial charge on any atom is -0.394 e. The van der Waals surface area contributed by atoms with Crippen molar-refractivity contribution in [2.45, 2.75) is 19.1 Å². The maximum atomic E-state index is 10.2. The molecule has 0 aliphatic carbocycles. The van der Waals surface area contributed by atoms with Gasteiger partial charge in [-0.05, 0) is 6.92 Å². The Morgan fingerprint density at radius 2 is 1.35 bits per heavy atom. The number of hydrogen-bond donors (Lipinski definition) is 3. The van der Waals surface area contributed by atoms with Crippen LogP contribution < -0.4 is 0 Å². The smallest absolute Gasteiger partial charge is 0.160 e. The lowest BCUT2D eigenvalue weighted by molar-refractivity contribution is -0.403. The molecule has 0 aromatic rings. The van der Waals surface area contributed by atoms with E-state index in [9.17, 15) is 4.79 Å². The lowest BCUT2D eigenvalue weighted by Gasteiger charge is -2.10. The lowest BCUT2D eigenvalue weighted by atomic mass is 10.1. The van der Waals surface area contributed by atoms with Crippen molar-refractivity contribution in [1.29, 1.82) is 0 Å². The minimum atomic E-state index is -1.75. The summed E-state index contributed by atoms with van der Waals surface area (Å²) in [6.45, 7) is 0.546. The monoisotopic (exact) mass is 258 g/mol. The van der Waals surface area contributed by atoms with Crippen molar-refractivity contribution < 1.29 is 30.3 Å². The van der Waals surface area contributed by atoms with Crippen molar-refractivity contribution in [2.24, 2.45) is 0 Å². The minimum absolute atomic E-state index is 0.545. The third kappa shape index (κ3) is 31.5. The standard InChI is InChI=1S/C5H10O4.2NO3/c1-3(7)5(9)4(8)2-6;2*2-1(3)4/h4-6,8-9H,2H2,1H3;;/q;2*-1. The highest BCUT2D eigenvalue weighted by Crippen LogP contribution is 1.92. The average molecular weight is 258 g/mol. The molecule has 12 nitrogen and oxygen atoms in total. The van der Waals surface area contributed by atoms with Gasteiger partial charge in [0.05, 0.1) is 16.8 Å². The third-order valence-corrected chi connectivity index (χ3v) is 0.968. The van der Waals surface area contributed by atoms with Gasteiger partial charge in [-0.1, -0.05) is 0 Å². The molecule has 12 heteroatoms. The molecule has 0 heterocycles. The first-order valence-electron chi connectivity index (χ1n) is 3.66. The van der Waals surface area contributed by atoms with Gasteiger partial charge in [0.25, 0.3) is 0 Å². The first-order valence-corrected chi connectivity index (χ1v) is 3.66. The van der Waals surface area contributed by atoms with E-state index in [-0.39, 0.29) is 0 Å². The Hall–Kier alpha value is -2.05. The molecule has 0 radical (unpaired) electrons. The van der Waals surface area contributed by atoms with Crippen molar-refractivity contribution >= 4 is 5.78 Å². The maximum Gasteiger partial charge on any atom is 0.160 e. The van der Waals surface area contributed by atoms with Gasteiger partial charge in [-0.3, -0.25) is 4.79 Å². The first-order chi connectivity index (χ1) is 7.56. The second-order valence-corrected chi connectivity index (χ2v) is 2.25. The molecule has 0 rings (SSSR count). The second-order valence-electron chi connectivity index (χ2n) is 2.25. The number of aliphatic hydroxyl groups is 3. The summed E-state index contributed by atoms with van der Waals surface area (Å²) < 4.78 is 0. The topological polar surface area (TPSA) is 210 Å². The Kier molecular flexibility index (Phi) is 14.4. The highest BCUT2D eigenvalue weighted by Gasteiger charge is 2.18. The van der Waals surface area contributed by atoms with Crippen LogP contribution in [0.4, 0.5) is 0 Å². The SMILES string of the molecule is CC(=O)C(O)C(O)CO.O=[N+]([O-])[O-].O=[N+]([O-])[O-]. The van der Waals surface area contributed by atoms with E-state index in [1.54, 1.807) is 0 Å². The van der Waals surface area contributed by atoms with Gasteiger partial charge < -0.3 is 46.0 Å². The van der Waals surface area contributed by atoms with E-state index in [0.29, 0.717) is 0 Å². The van der Waals surface area contributed by atoms with Gasteiger partial charge in [-0.15, -0.1) is 0 Å². The Morgan fingerprint density at radius 3 is 1.41 bits per heavy atom.